The average Bonchev–Trinajstić information content (AvgIpc) is 3.20. The molecule has 0 saturated carbocycles. The summed E-state index contributed by atoms with van der Waals surface area (Å²) < 4.78 is 3.37. The molecule has 0 bridgehead atoms. The van der Waals surface area contributed by atoms with Crippen molar-refractivity contribution in [2.24, 2.45) is 0 Å². The number of hydrogen-bond acceptors (Lipinski definition) is 7. The number of benzene rings is 1. The van der Waals surface area contributed by atoms with Crippen molar-refractivity contribution in [1.82, 2.24) is 29.6 Å². The van der Waals surface area contributed by atoms with Gasteiger partial charge in [0.2, 0.25) is 5.16 Å². The van der Waals surface area contributed by atoms with Crippen molar-refractivity contribution in [3.63, 3.8) is 0 Å². The molecule has 0 radical (unpaired) electrons. The fraction of sp³-hybridized carbons (Fsp3) is 0.235. The molecule has 0 aliphatic heterocycles. The van der Waals surface area contributed by atoms with Gasteiger partial charge in [0.25, 0.3) is 5.56 Å². The summed E-state index contributed by atoms with van der Waals surface area (Å²) in [7, 11) is 0. The topological polar surface area (TPSA) is 78.0 Å². The van der Waals surface area contributed by atoms with Crippen LogP contribution >= 0.6 is 23.1 Å². The number of thioether (sulfide) groups is 1. The molecule has 132 valence electrons. The fourth-order valence-corrected chi connectivity index (χ4v) is 4.52. The van der Waals surface area contributed by atoms with Crippen LogP contribution in [0.25, 0.3) is 10.6 Å². The minimum atomic E-state index is -0.0568. The van der Waals surface area contributed by atoms with Crippen molar-refractivity contribution in [1.29, 1.82) is 0 Å². The molecule has 0 atom stereocenters. The molecule has 3 heterocycles. The second-order valence-corrected chi connectivity index (χ2v) is 7.76. The van der Waals surface area contributed by atoms with Gasteiger partial charge < -0.3 is 0 Å². The minimum Gasteiger partial charge on any atom is -0.269 e. The summed E-state index contributed by atoms with van der Waals surface area (Å²) in [6.45, 7) is 5.97. The Morgan fingerprint density at radius 3 is 2.73 bits per heavy atom. The van der Waals surface area contributed by atoms with E-state index in [1.807, 2.05) is 44.4 Å². The number of thiazole rings is 1. The Hall–Kier alpha value is -2.52. The van der Waals surface area contributed by atoms with E-state index in [0.717, 1.165) is 28.2 Å². The number of para-hydroxylation sites is 1. The van der Waals surface area contributed by atoms with Crippen molar-refractivity contribution >= 4 is 28.1 Å². The number of aromatic nitrogens is 6. The van der Waals surface area contributed by atoms with E-state index in [2.05, 4.69) is 20.5 Å². The molecule has 0 spiro atoms. The highest BCUT2D eigenvalue weighted by atomic mass is 32.2. The molecule has 0 unspecified atom stereocenters. The van der Waals surface area contributed by atoms with Crippen LogP contribution in [0.4, 0.5) is 0 Å². The van der Waals surface area contributed by atoms with Gasteiger partial charge in [0.1, 0.15) is 0 Å². The number of aryl methyl sites for hydroxylation is 3. The molecule has 0 aliphatic rings. The summed E-state index contributed by atoms with van der Waals surface area (Å²) in [5.41, 5.74) is 4.76. The first kappa shape index (κ1) is 16.9. The van der Waals surface area contributed by atoms with Crippen LogP contribution in [0, 0.1) is 20.8 Å². The van der Waals surface area contributed by atoms with Gasteiger partial charge in [0.15, 0.2) is 4.96 Å². The van der Waals surface area contributed by atoms with Crippen LogP contribution in [0.2, 0.25) is 0 Å². The molecule has 7 nitrogen and oxygen atoms in total. The first-order valence-electron chi connectivity index (χ1n) is 7.99. The minimum absolute atomic E-state index is 0.0568. The number of hydrogen-bond donors (Lipinski definition) is 0. The van der Waals surface area contributed by atoms with Gasteiger partial charge in [0, 0.05) is 22.9 Å². The van der Waals surface area contributed by atoms with Gasteiger partial charge in [-0.05, 0) is 42.3 Å². The zero-order chi connectivity index (χ0) is 18.3. The van der Waals surface area contributed by atoms with Gasteiger partial charge in [-0.1, -0.05) is 30.0 Å². The summed E-state index contributed by atoms with van der Waals surface area (Å²) in [6, 6.07) is 7.66. The Bertz CT molecular complexity index is 1140. The van der Waals surface area contributed by atoms with Gasteiger partial charge in [-0.15, -0.1) is 16.4 Å². The molecule has 0 fully saturated rings. The molecule has 3 aromatic heterocycles. The van der Waals surface area contributed by atoms with E-state index in [9.17, 15) is 4.79 Å². The molecule has 0 amide bonds. The lowest BCUT2D eigenvalue weighted by Gasteiger charge is -2.10. The highest BCUT2D eigenvalue weighted by Crippen LogP contribution is 2.25. The van der Waals surface area contributed by atoms with Crippen LogP contribution in [-0.2, 0) is 5.75 Å². The standard InChI is InChI=1S/C17H16N6OS2/c1-10-5-4-6-11(2)15(10)23-17(19-20-21-23)26-9-13-7-14(24)22-12(3)8-25-16(22)18-13/h4-8H,9H2,1-3H3. The Kier molecular flexibility index (Phi) is 4.33. The van der Waals surface area contributed by atoms with Crippen LogP contribution in [0.15, 0.2) is 39.6 Å². The lowest BCUT2D eigenvalue weighted by molar-refractivity contribution is 0.747. The first-order chi connectivity index (χ1) is 12.5. The predicted octanol–water partition coefficient (Wildman–Crippen LogP) is 2.95. The quantitative estimate of drug-likeness (QED) is 0.504. The highest BCUT2D eigenvalue weighted by Gasteiger charge is 2.14. The number of nitrogens with zero attached hydrogens (tertiary/aromatic N) is 6. The summed E-state index contributed by atoms with van der Waals surface area (Å²) >= 11 is 2.93. The van der Waals surface area contributed by atoms with E-state index in [1.165, 1.54) is 23.1 Å². The SMILES string of the molecule is Cc1cccc(C)c1-n1nnnc1SCc1cc(=O)n2c(C)csc2n1. The summed E-state index contributed by atoms with van der Waals surface area (Å²) in [6.07, 6.45) is 0. The Labute approximate surface area is 157 Å². The Morgan fingerprint density at radius 1 is 1.19 bits per heavy atom. The van der Waals surface area contributed by atoms with Crippen molar-refractivity contribution in [3.8, 4) is 5.69 Å². The van der Waals surface area contributed by atoms with E-state index in [-0.39, 0.29) is 5.56 Å². The van der Waals surface area contributed by atoms with E-state index >= 15 is 0 Å². The third-order valence-corrected chi connectivity index (χ3v) is 5.97. The lowest BCUT2D eigenvalue weighted by atomic mass is 10.1. The van der Waals surface area contributed by atoms with Gasteiger partial charge in [-0.3, -0.25) is 9.20 Å². The maximum absolute atomic E-state index is 12.3. The zero-order valence-corrected chi connectivity index (χ0v) is 16.1. The molecule has 4 rings (SSSR count). The lowest BCUT2D eigenvalue weighted by Crippen LogP contribution is -2.14. The number of fused-ring (bicyclic) bond motifs is 1. The summed E-state index contributed by atoms with van der Waals surface area (Å²) in [4.78, 5) is 17.6. The number of rotatable bonds is 4. The predicted molar refractivity (Wildman–Crippen MR) is 102 cm³/mol. The molecule has 4 aromatic rings. The molecule has 0 N–H and O–H groups in total. The van der Waals surface area contributed by atoms with E-state index in [0.29, 0.717) is 15.9 Å². The molecule has 0 aliphatic carbocycles. The summed E-state index contributed by atoms with van der Waals surface area (Å²) in [5, 5.41) is 14.7. The molecular formula is C17H16N6OS2. The van der Waals surface area contributed by atoms with Gasteiger partial charge in [0.05, 0.1) is 11.4 Å². The van der Waals surface area contributed by atoms with Crippen LogP contribution in [-0.4, -0.2) is 29.6 Å². The molecular weight excluding hydrogens is 368 g/mol. The van der Waals surface area contributed by atoms with Crippen molar-refractivity contribution in [2.75, 3.05) is 0 Å². The maximum atomic E-state index is 12.3. The average molecular weight is 384 g/mol. The van der Waals surface area contributed by atoms with Crippen LogP contribution in [0.1, 0.15) is 22.5 Å². The smallest absolute Gasteiger partial charge is 0.258 e. The van der Waals surface area contributed by atoms with Gasteiger partial charge >= 0.3 is 0 Å². The van der Waals surface area contributed by atoms with Gasteiger partial charge in [-0.2, -0.15) is 4.68 Å². The van der Waals surface area contributed by atoms with Gasteiger partial charge in [-0.25, -0.2) is 4.98 Å². The van der Waals surface area contributed by atoms with E-state index in [4.69, 9.17) is 0 Å². The zero-order valence-electron chi connectivity index (χ0n) is 14.5. The summed E-state index contributed by atoms with van der Waals surface area (Å²) in [5.74, 6) is 0.522. The third-order valence-electron chi connectivity index (χ3n) is 4.07. The van der Waals surface area contributed by atoms with E-state index in [1.54, 1.807) is 15.1 Å². The number of tetrazole rings is 1. The second-order valence-electron chi connectivity index (χ2n) is 5.98. The van der Waals surface area contributed by atoms with Crippen molar-refractivity contribution in [3.05, 3.63) is 62.5 Å². The molecule has 26 heavy (non-hydrogen) atoms. The first-order valence-corrected chi connectivity index (χ1v) is 9.85. The fourth-order valence-electron chi connectivity index (χ4n) is 2.86. The molecule has 0 saturated heterocycles. The highest BCUT2D eigenvalue weighted by molar-refractivity contribution is 7.98. The largest absolute Gasteiger partial charge is 0.269 e. The van der Waals surface area contributed by atoms with Crippen LogP contribution < -0.4 is 5.56 Å². The monoisotopic (exact) mass is 384 g/mol. The van der Waals surface area contributed by atoms with Crippen molar-refractivity contribution < 1.29 is 0 Å². The second kappa shape index (κ2) is 6.65. The Balaban J connectivity index is 1.64. The maximum Gasteiger partial charge on any atom is 0.258 e. The Morgan fingerprint density at radius 2 is 1.96 bits per heavy atom. The third kappa shape index (κ3) is 2.93. The molecule has 9 heteroatoms. The van der Waals surface area contributed by atoms with Crippen LogP contribution in [0.3, 0.4) is 0 Å². The molecule has 1 aromatic carbocycles. The van der Waals surface area contributed by atoms with E-state index < -0.39 is 0 Å². The van der Waals surface area contributed by atoms with Crippen LogP contribution in [0.5, 0.6) is 0 Å². The van der Waals surface area contributed by atoms with Crippen molar-refractivity contribution in [2.45, 2.75) is 31.7 Å². The normalized spacial score (nSPS) is 11.3.